The van der Waals surface area contributed by atoms with Gasteiger partial charge in [0.2, 0.25) is 0 Å². The molecule has 0 saturated heterocycles. The van der Waals surface area contributed by atoms with Crippen LogP contribution in [-0.4, -0.2) is 10.9 Å². The Kier molecular flexibility index (Phi) is 2.44. The fourth-order valence-electron chi connectivity index (χ4n) is 2.25. The van der Waals surface area contributed by atoms with E-state index in [4.69, 9.17) is 5.73 Å². The molecule has 0 bridgehead atoms. The average Bonchev–Trinajstić information content (AvgIpc) is 2.97. The van der Waals surface area contributed by atoms with E-state index in [-0.39, 0.29) is 0 Å². The van der Waals surface area contributed by atoms with Crippen LogP contribution >= 0.6 is 11.3 Å². The first-order valence-electron chi connectivity index (χ1n) is 5.61. The molecule has 17 heavy (non-hydrogen) atoms. The second kappa shape index (κ2) is 3.96. The maximum atomic E-state index is 11.0. The highest BCUT2D eigenvalue weighted by molar-refractivity contribution is 7.12. The van der Waals surface area contributed by atoms with Gasteiger partial charge in [-0.3, -0.25) is 4.79 Å². The fourth-order valence-corrected chi connectivity index (χ4v) is 2.93. The van der Waals surface area contributed by atoms with Crippen molar-refractivity contribution >= 4 is 17.2 Å². The van der Waals surface area contributed by atoms with Crippen molar-refractivity contribution < 1.29 is 4.79 Å². The number of hydrogen-bond acceptors (Lipinski definition) is 3. The molecule has 0 aliphatic heterocycles. The molecule has 0 fully saturated rings. The maximum Gasteiger partial charge on any atom is 0.277 e. The lowest BCUT2D eigenvalue weighted by Crippen LogP contribution is -2.10. The molecule has 1 aromatic carbocycles. The van der Waals surface area contributed by atoms with E-state index in [0.717, 1.165) is 17.7 Å². The number of carbonyl (C=O) groups is 1. The van der Waals surface area contributed by atoms with Crippen LogP contribution in [-0.2, 0) is 12.8 Å². The molecule has 0 radical (unpaired) electrons. The van der Waals surface area contributed by atoms with Crippen LogP contribution in [0, 0.1) is 0 Å². The summed E-state index contributed by atoms with van der Waals surface area (Å²) in [7, 11) is 0. The molecule has 2 N–H and O–H groups in total. The highest BCUT2D eigenvalue weighted by Crippen LogP contribution is 2.28. The summed E-state index contributed by atoms with van der Waals surface area (Å²) >= 11 is 1.30. The van der Waals surface area contributed by atoms with Gasteiger partial charge in [0.1, 0.15) is 0 Å². The van der Waals surface area contributed by atoms with Gasteiger partial charge in [-0.25, -0.2) is 4.98 Å². The van der Waals surface area contributed by atoms with Crippen LogP contribution < -0.4 is 5.73 Å². The minimum absolute atomic E-state index is 0.375. The molecule has 0 saturated carbocycles. The lowest BCUT2D eigenvalue weighted by Gasteiger charge is -2.01. The summed E-state index contributed by atoms with van der Waals surface area (Å²) in [4.78, 5) is 15.3. The molecule has 2 aromatic rings. The summed E-state index contributed by atoms with van der Waals surface area (Å²) < 4.78 is 0. The Bertz CT molecular complexity index is 589. The molecule has 1 aliphatic carbocycles. The highest BCUT2D eigenvalue weighted by Gasteiger charge is 2.13. The lowest BCUT2D eigenvalue weighted by molar-refractivity contribution is 0.1000. The Labute approximate surface area is 103 Å². The maximum absolute atomic E-state index is 11.0. The largest absolute Gasteiger partial charge is 0.364 e. The minimum atomic E-state index is -0.456. The number of rotatable bonds is 2. The van der Waals surface area contributed by atoms with Gasteiger partial charge in [0.15, 0.2) is 5.01 Å². The second-order valence-electron chi connectivity index (χ2n) is 4.24. The standard InChI is InChI=1S/C13H12N2OS/c14-12(16)13-15-11(7-17-13)10-5-4-8-2-1-3-9(8)6-10/h4-7H,1-3H2,(H2,14,16). The molecule has 3 rings (SSSR count). The number of primary amides is 1. The number of aryl methyl sites for hydroxylation is 2. The van der Waals surface area contributed by atoms with Crippen LogP contribution in [0.2, 0.25) is 0 Å². The van der Waals surface area contributed by atoms with E-state index >= 15 is 0 Å². The summed E-state index contributed by atoms with van der Waals surface area (Å²) in [5, 5.41) is 2.26. The first-order valence-corrected chi connectivity index (χ1v) is 6.49. The van der Waals surface area contributed by atoms with Gasteiger partial charge < -0.3 is 5.73 Å². The number of fused-ring (bicyclic) bond motifs is 1. The number of thiazole rings is 1. The Morgan fingerprint density at radius 1 is 1.29 bits per heavy atom. The zero-order valence-corrected chi connectivity index (χ0v) is 10.1. The molecular weight excluding hydrogens is 232 g/mol. The van der Waals surface area contributed by atoms with Gasteiger partial charge in [0.25, 0.3) is 5.91 Å². The third-order valence-electron chi connectivity index (χ3n) is 3.11. The Balaban J connectivity index is 2.00. The summed E-state index contributed by atoms with van der Waals surface area (Å²) in [6.07, 6.45) is 3.57. The lowest BCUT2D eigenvalue weighted by atomic mass is 10.1. The second-order valence-corrected chi connectivity index (χ2v) is 5.10. The highest BCUT2D eigenvalue weighted by atomic mass is 32.1. The summed E-state index contributed by atoms with van der Waals surface area (Å²) in [5.74, 6) is -0.456. The van der Waals surface area contributed by atoms with Gasteiger partial charge in [0.05, 0.1) is 5.69 Å². The Morgan fingerprint density at radius 2 is 2.12 bits per heavy atom. The van der Waals surface area contributed by atoms with E-state index in [1.165, 1.54) is 35.3 Å². The normalized spacial score (nSPS) is 13.6. The molecule has 86 valence electrons. The summed E-state index contributed by atoms with van der Waals surface area (Å²) in [5.41, 5.74) is 9.99. The topological polar surface area (TPSA) is 56.0 Å². The minimum Gasteiger partial charge on any atom is -0.364 e. The van der Waals surface area contributed by atoms with Crippen molar-refractivity contribution in [3.8, 4) is 11.3 Å². The fraction of sp³-hybridized carbons (Fsp3) is 0.231. The Hall–Kier alpha value is -1.68. The number of carbonyl (C=O) groups excluding carboxylic acids is 1. The zero-order chi connectivity index (χ0) is 11.8. The Morgan fingerprint density at radius 3 is 2.88 bits per heavy atom. The summed E-state index contributed by atoms with van der Waals surface area (Å²) in [6.45, 7) is 0. The number of benzene rings is 1. The molecule has 1 aromatic heterocycles. The van der Waals surface area contributed by atoms with Crippen LogP contribution in [0.4, 0.5) is 0 Å². The molecule has 0 unspecified atom stereocenters. The predicted molar refractivity (Wildman–Crippen MR) is 68.1 cm³/mol. The van der Waals surface area contributed by atoms with Crippen molar-refractivity contribution in [3.05, 3.63) is 39.7 Å². The van der Waals surface area contributed by atoms with Gasteiger partial charge in [-0.1, -0.05) is 12.1 Å². The first-order chi connectivity index (χ1) is 8.24. The molecule has 3 nitrogen and oxygen atoms in total. The van der Waals surface area contributed by atoms with Crippen LogP contribution in [0.3, 0.4) is 0 Å². The van der Waals surface area contributed by atoms with Crippen molar-refractivity contribution in [1.29, 1.82) is 0 Å². The van der Waals surface area contributed by atoms with Crippen LogP contribution in [0.15, 0.2) is 23.6 Å². The third-order valence-corrected chi connectivity index (χ3v) is 3.97. The first kappa shape index (κ1) is 10.5. The number of amides is 1. The van der Waals surface area contributed by atoms with Crippen molar-refractivity contribution in [2.24, 2.45) is 5.73 Å². The summed E-state index contributed by atoms with van der Waals surface area (Å²) in [6, 6.07) is 6.42. The third kappa shape index (κ3) is 1.85. The zero-order valence-electron chi connectivity index (χ0n) is 9.27. The number of hydrogen-bond donors (Lipinski definition) is 1. The molecule has 0 atom stereocenters. The van der Waals surface area contributed by atoms with Crippen molar-refractivity contribution in [3.63, 3.8) is 0 Å². The molecule has 0 spiro atoms. The molecule has 1 amide bonds. The molecular formula is C13H12N2OS. The monoisotopic (exact) mass is 244 g/mol. The van der Waals surface area contributed by atoms with Crippen LogP contribution in [0.5, 0.6) is 0 Å². The van der Waals surface area contributed by atoms with Gasteiger partial charge in [-0.15, -0.1) is 11.3 Å². The van der Waals surface area contributed by atoms with Gasteiger partial charge in [-0.2, -0.15) is 0 Å². The number of nitrogens with two attached hydrogens (primary N) is 1. The van der Waals surface area contributed by atoms with E-state index in [9.17, 15) is 4.79 Å². The van der Waals surface area contributed by atoms with E-state index in [1.807, 2.05) is 5.38 Å². The van der Waals surface area contributed by atoms with Crippen molar-refractivity contribution in [2.45, 2.75) is 19.3 Å². The van der Waals surface area contributed by atoms with Crippen LogP contribution in [0.25, 0.3) is 11.3 Å². The van der Waals surface area contributed by atoms with Gasteiger partial charge in [-0.05, 0) is 36.5 Å². The van der Waals surface area contributed by atoms with E-state index < -0.39 is 5.91 Å². The number of nitrogens with zero attached hydrogens (tertiary/aromatic N) is 1. The van der Waals surface area contributed by atoms with Gasteiger partial charge in [0, 0.05) is 10.9 Å². The quantitative estimate of drug-likeness (QED) is 0.881. The molecule has 1 heterocycles. The SMILES string of the molecule is NC(=O)c1nc(-c2ccc3c(c2)CCC3)cs1. The van der Waals surface area contributed by atoms with E-state index in [1.54, 1.807) is 0 Å². The van der Waals surface area contributed by atoms with Gasteiger partial charge >= 0.3 is 0 Å². The van der Waals surface area contributed by atoms with Crippen molar-refractivity contribution in [2.75, 3.05) is 0 Å². The predicted octanol–water partition coefficient (Wildman–Crippen LogP) is 2.40. The number of aromatic nitrogens is 1. The van der Waals surface area contributed by atoms with Crippen LogP contribution in [0.1, 0.15) is 27.3 Å². The van der Waals surface area contributed by atoms with E-state index in [2.05, 4.69) is 23.2 Å². The van der Waals surface area contributed by atoms with E-state index in [0.29, 0.717) is 5.01 Å². The average molecular weight is 244 g/mol. The molecule has 1 aliphatic rings. The van der Waals surface area contributed by atoms with Crippen molar-refractivity contribution in [1.82, 2.24) is 4.98 Å². The smallest absolute Gasteiger partial charge is 0.277 e. The molecule has 4 heteroatoms.